The molecule has 0 bridgehead atoms. The number of ether oxygens (including phenoxy) is 1. The van der Waals surface area contributed by atoms with Gasteiger partial charge in [-0.05, 0) is 50.7 Å². The molecule has 1 spiro atoms. The van der Waals surface area contributed by atoms with E-state index in [2.05, 4.69) is 11.9 Å². The van der Waals surface area contributed by atoms with Gasteiger partial charge >= 0.3 is 0 Å². The lowest BCUT2D eigenvalue weighted by Crippen LogP contribution is -2.60. The lowest BCUT2D eigenvalue weighted by Gasteiger charge is -2.47. The van der Waals surface area contributed by atoms with Crippen LogP contribution in [0.3, 0.4) is 0 Å². The Balaban J connectivity index is 1.73. The highest BCUT2D eigenvalue weighted by Gasteiger charge is 2.41. The van der Waals surface area contributed by atoms with Crippen molar-refractivity contribution in [1.82, 2.24) is 9.80 Å². The normalized spacial score (nSPS) is 27.0. The average Bonchev–Trinajstić information content (AvgIpc) is 2.47. The quantitative estimate of drug-likeness (QED) is 0.798. The van der Waals surface area contributed by atoms with Crippen LogP contribution in [-0.2, 0) is 4.74 Å². The van der Waals surface area contributed by atoms with Gasteiger partial charge in [0, 0.05) is 23.7 Å². The summed E-state index contributed by atoms with van der Waals surface area (Å²) in [6, 6.07) is 7.11. The molecule has 2 saturated heterocycles. The van der Waals surface area contributed by atoms with E-state index in [9.17, 15) is 4.79 Å². The number of rotatable bonds is 1. The molecule has 1 unspecified atom stereocenters. The number of carbonyl (C=O) groups excluding carboxylic acids is 1. The molecule has 1 atom stereocenters. The highest BCUT2D eigenvalue weighted by molar-refractivity contribution is 6.30. The van der Waals surface area contributed by atoms with E-state index in [0.717, 1.165) is 25.9 Å². The van der Waals surface area contributed by atoms with Crippen LogP contribution in [0.5, 0.6) is 0 Å². The van der Waals surface area contributed by atoms with Crippen LogP contribution < -0.4 is 0 Å². The molecule has 21 heavy (non-hydrogen) atoms. The Labute approximate surface area is 130 Å². The number of hydrogen-bond acceptors (Lipinski definition) is 3. The Morgan fingerprint density at radius 2 is 2.00 bits per heavy atom. The number of nitrogens with zero attached hydrogens (tertiary/aromatic N) is 2. The fraction of sp³-hybridized carbons (Fsp3) is 0.562. The van der Waals surface area contributed by atoms with E-state index in [1.54, 1.807) is 24.3 Å². The molecule has 5 heteroatoms. The van der Waals surface area contributed by atoms with Crippen LogP contribution in [-0.4, -0.2) is 61.1 Å². The van der Waals surface area contributed by atoms with Crippen molar-refractivity contribution >= 4 is 17.5 Å². The molecular weight excluding hydrogens is 288 g/mol. The van der Waals surface area contributed by atoms with Gasteiger partial charge in [0.2, 0.25) is 0 Å². The topological polar surface area (TPSA) is 32.8 Å². The molecule has 114 valence electrons. The number of piperidine rings is 1. The molecule has 2 aliphatic rings. The zero-order valence-electron chi connectivity index (χ0n) is 12.3. The Kier molecular flexibility index (Phi) is 4.20. The van der Waals surface area contributed by atoms with Crippen LogP contribution in [0.25, 0.3) is 0 Å². The van der Waals surface area contributed by atoms with E-state index < -0.39 is 0 Å². The van der Waals surface area contributed by atoms with Gasteiger partial charge in [-0.1, -0.05) is 11.6 Å². The van der Waals surface area contributed by atoms with Gasteiger partial charge in [0.1, 0.15) is 0 Å². The monoisotopic (exact) mass is 308 g/mol. The summed E-state index contributed by atoms with van der Waals surface area (Å²) in [5, 5.41) is 0.652. The highest BCUT2D eigenvalue weighted by atomic mass is 35.5. The minimum Gasteiger partial charge on any atom is -0.370 e. The van der Waals surface area contributed by atoms with Crippen molar-refractivity contribution < 1.29 is 9.53 Å². The maximum Gasteiger partial charge on any atom is 0.254 e. The fourth-order valence-electron chi connectivity index (χ4n) is 3.36. The molecule has 2 aliphatic heterocycles. The second kappa shape index (κ2) is 5.95. The molecule has 2 heterocycles. The molecule has 1 aromatic carbocycles. The van der Waals surface area contributed by atoms with Crippen molar-refractivity contribution in [3.05, 3.63) is 34.9 Å². The van der Waals surface area contributed by atoms with Crippen molar-refractivity contribution in [1.29, 1.82) is 0 Å². The minimum atomic E-state index is -0.187. The van der Waals surface area contributed by atoms with Crippen molar-refractivity contribution in [3.8, 4) is 0 Å². The first-order valence-corrected chi connectivity index (χ1v) is 7.83. The summed E-state index contributed by atoms with van der Waals surface area (Å²) in [6.07, 6.45) is 2.15. The lowest BCUT2D eigenvalue weighted by molar-refractivity contribution is -0.128. The minimum absolute atomic E-state index is 0.0718. The summed E-state index contributed by atoms with van der Waals surface area (Å²) in [4.78, 5) is 16.8. The summed E-state index contributed by atoms with van der Waals surface area (Å²) in [5.74, 6) is 0.0718. The van der Waals surface area contributed by atoms with E-state index >= 15 is 0 Å². The zero-order chi connectivity index (χ0) is 14.9. The van der Waals surface area contributed by atoms with Crippen molar-refractivity contribution in [2.24, 2.45) is 0 Å². The first-order chi connectivity index (χ1) is 10.1. The third-order valence-corrected chi connectivity index (χ3v) is 4.61. The van der Waals surface area contributed by atoms with Crippen LogP contribution in [0, 0.1) is 0 Å². The van der Waals surface area contributed by atoms with Gasteiger partial charge in [0.05, 0.1) is 18.8 Å². The van der Waals surface area contributed by atoms with Gasteiger partial charge in [0.25, 0.3) is 5.91 Å². The second-order valence-corrected chi connectivity index (χ2v) is 6.54. The van der Waals surface area contributed by atoms with E-state index in [-0.39, 0.29) is 11.5 Å². The molecule has 0 saturated carbocycles. The molecule has 4 nitrogen and oxygen atoms in total. The number of benzene rings is 1. The van der Waals surface area contributed by atoms with Crippen LogP contribution >= 0.6 is 11.6 Å². The summed E-state index contributed by atoms with van der Waals surface area (Å²) in [6.45, 7) is 3.96. The van der Waals surface area contributed by atoms with Gasteiger partial charge in [-0.2, -0.15) is 0 Å². The first-order valence-electron chi connectivity index (χ1n) is 7.45. The van der Waals surface area contributed by atoms with Gasteiger partial charge in [-0.15, -0.1) is 0 Å². The molecule has 0 N–H and O–H groups in total. The van der Waals surface area contributed by atoms with Crippen molar-refractivity contribution in [3.63, 3.8) is 0 Å². The van der Waals surface area contributed by atoms with Crippen LogP contribution in [0.15, 0.2) is 24.3 Å². The smallest absolute Gasteiger partial charge is 0.254 e. The van der Waals surface area contributed by atoms with Gasteiger partial charge in [-0.3, -0.25) is 4.79 Å². The number of halogens is 1. The standard InChI is InChI=1S/C16H21ClN2O2/c1-18-8-2-7-16(11-18)12-19(9-10-21-16)15(20)13-3-5-14(17)6-4-13/h3-6H,2,7-12H2,1H3. The Morgan fingerprint density at radius 3 is 2.71 bits per heavy atom. The van der Waals surface area contributed by atoms with Gasteiger partial charge in [-0.25, -0.2) is 0 Å². The molecule has 0 aliphatic carbocycles. The number of amides is 1. The number of likely N-dealkylation sites (tertiary alicyclic amines) is 1. The maximum atomic E-state index is 12.6. The van der Waals surface area contributed by atoms with Crippen LogP contribution in [0.1, 0.15) is 23.2 Å². The SMILES string of the molecule is CN1CCCC2(C1)CN(C(=O)c1ccc(Cl)cc1)CCO2. The molecule has 1 aromatic rings. The number of likely N-dealkylation sites (N-methyl/N-ethyl adjacent to an activating group) is 1. The average molecular weight is 309 g/mol. The molecule has 0 radical (unpaired) electrons. The molecular formula is C16H21ClN2O2. The van der Waals surface area contributed by atoms with E-state index in [1.807, 2.05) is 4.90 Å². The van der Waals surface area contributed by atoms with E-state index in [4.69, 9.17) is 16.3 Å². The summed E-state index contributed by atoms with van der Waals surface area (Å²) >= 11 is 5.88. The lowest BCUT2D eigenvalue weighted by atomic mass is 9.91. The van der Waals surface area contributed by atoms with Gasteiger partial charge < -0.3 is 14.5 Å². The Hall–Kier alpha value is -1.10. The van der Waals surface area contributed by atoms with Gasteiger partial charge in [0.15, 0.2) is 0 Å². The molecule has 3 rings (SSSR count). The van der Waals surface area contributed by atoms with E-state index in [0.29, 0.717) is 30.3 Å². The summed E-state index contributed by atoms with van der Waals surface area (Å²) in [5.41, 5.74) is 0.508. The van der Waals surface area contributed by atoms with Crippen LogP contribution in [0.4, 0.5) is 0 Å². The predicted octanol–water partition coefficient (Wildman–Crippen LogP) is 2.28. The maximum absolute atomic E-state index is 12.6. The summed E-state index contributed by atoms with van der Waals surface area (Å²) in [7, 11) is 2.12. The Bertz CT molecular complexity index is 516. The first kappa shape index (κ1) is 14.8. The summed E-state index contributed by atoms with van der Waals surface area (Å²) < 4.78 is 6.06. The van der Waals surface area contributed by atoms with E-state index in [1.165, 1.54) is 0 Å². The molecule has 1 amide bonds. The molecule has 0 aromatic heterocycles. The second-order valence-electron chi connectivity index (χ2n) is 6.11. The number of hydrogen-bond donors (Lipinski definition) is 0. The van der Waals surface area contributed by atoms with Crippen molar-refractivity contribution in [2.45, 2.75) is 18.4 Å². The largest absolute Gasteiger partial charge is 0.370 e. The number of morpholine rings is 1. The van der Waals surface area contributed by atoms with Crippen LogP contribution in [0.2, 0.25) is 5.02 Å². The zero-order valence-corrected chi connectivity index (χ0v) is 13.1. The number of carbonyl (C=O) groups is 1. The fourth-order valence-corrected chi connectivity index (χ4v) is 3.49. The van der Waals surface area contributed by atoms with Crippen molar-refractivity contribution in [2.75, 3.05) is 39.8 Å². The third kappa shape index (κ3) is 3.23. The molecule has 2 fully saturated rings. The Morgan fingerprint density at radius 1 is 1.24 bits per heavy atom. The predicted molar refractivity (Wildman–Crippen MR) is 82.8 cm³/mol. The third-order valence-electron chi connectivity index (χ3n) is 4.36. The highest BCUT2D eigenvalue weighted by Crippen LogP contribution is 2.29.